The minimum absolute atomic E-state index is 0.0156. The molecular weight excluding hydrogens is 295 g/mol. The Hall–Kier alpha value is -1.09. The van der Waals surface area contributed by atoms with Gasteiger partial charge in [0.2, 0.25) is 0 Å². The Morgan fingerprint density at radius 1 is 1.00 bits per heavy atom. The summed E-state index contributed by atoms with van der Waals surface area (Å²) in [7, 11) is 0. The van der Waals surface area contributed by atoms with E-state index < -0.39 is 0 Å². The summed E-state index contributed by atoms with van der Waals surface area (Å²) >= 11 is 17.6. The molecule has 0 aromatic heterocycles. The average Bonchev–Trinajstić information content (AvgIpc) is 2.85. The molecule has 1 N–H and O–H groups in total. The molecule has 1 aliphatic rings. The van der Waals surface area contributed by atoms with Crippen LogP contribution in [-0.4, -0.2) is 11.7 Å². The van der Waals surface area contributed by atoms with Crippen LogP contribution in [0.25, 0.3) is 0 Å². The maximum absolute atomic E-state index is 9.78. The quantitative estimate of drug-likeness (QED) is 0.631. The topological polar surface area (TPSA) is 29.5 Å². The molecule has 0 heterocycles. The van der Waals surface area contributed by atoms with Gasteiger partial charge in [-0.2, -0.15) is 0 Å². The zero-order valence-electron chi connectivity index (χ0n) is 9.16. The first-order valence-corrected chi connectivity index (χ1v) is 6.25. The van der Waals surface area contributed by atoms with Crippen molar-refractivity contribution in [1.82, 2.24) is 0 Å². The maximum atomic E-state index is 9.78. The van der Waals surface area contributed by atoms with E-state index in [0.717, 1.165) is 0 Å². The molecule has 0 radical (unpaired) electrons. The number of allylic oxidation sites excluding steroid dienone is 5. The van der Waals surface area contributed by atoms with Gasteiger partial charge in [0.25, 0.3) is 0 Å². The number of hydrogen-bond donors (Lipinski definition) is 1. The second-order valence-electron chi connectivity index (χ2n) is 3.61. The van der Waals surface area contributed by atoms with Gasteiger partial charge in [-0.25, -0.2) is 0 Å². The summed E-state index contributed by atoms with van der Waals surface area (Å²) in [5.41, 5.74) is 0.714. The molecule has 0 bridgehead atoms. The van der Waals surface area contributed by atoms with Crippen LogP contribution in [0.1, 0.15) is 0 Å². The fourth-order valence-electron chi connectivity index (χ4n) is 1.41. The zero-order chi connectivity index (χ0) is 13.1. The van der Waals surface area contributed by atoms with Crippen LogP contribution in [0.5, 0.6) is 5.75 Å². The predicted molar refractivity (Wildman–Crippen MR) is 74.9 cm³/mol. The number of halogens is 3. The second-order valence-corrected chi connectivity index (χ2v) is 4.83. The molecule has 94 valence electrons. The lowest BCUT2D eigenvalue weighted by Gasteiger charge is -2.09. The summed E-state index contributed by atoms with van der Waals surface area (Å²) in [5, 5.41) is 10.8. The lowest BCUT2D eigenvalue weighted by molar-refractivity contribution is 0.269. The summed E-state index contributed by atoms with van der Waals surface area (Å²) in [6, 6.07) is 3.02. The summed E-state index contributed by atoms with van der Waals surface area (Å²) in [4.78, 5) is 0. The molecule has 0 atom stereocenters. The highest BCUT2D eigenvalue weighted by molar-refractivity contribution is 6.43. The van der Waals surface area contributed by atoms with E-state index in [4.69, 9.17) is 39.5 Å². The third-order valence-electron chi connectivity index (χ3n) is 2.34. The standard InChI is InChI=1S/C13H9Cl3O2/c14-9-5-11(16)13(6-10(9)15)18-7-12(17)8-3-1-2-4-8/h1-6,17H,7H2. The third-order valence-corrected chi connectivity index (χ3v) is 3.35. The van der Waals surface area contributed by atoms with Crippen molar-refractivity contribution in [2.24, 2.45) is 0 Å². The zero-order valence-corrected chi connectivity index (χ0v) is 11.4. The van der Waals surface area contributed by atoms with Crippen LogP contribution in [0.3, 0.4) is 0 Å². The molecule has 5 heteroatoms. The first-order chi connectivity index (χ1) is 8.58. The van der Waals surface area contributed by atoms with Gasteiger partial charge in [0.05, 0.1) is 15.1 Å². The fourth-order valence-corrected chi connectivity index (χ4v) is 2.00. The molecule has 0 saturated carbocycles. The van der Waals surface area contributed by atoms with Crippen LogP contribution in [0, 0.1) is 0 Å². The van der Waals surface area contributed by atoms with E-state index in [1.807, 2.05) is 12.2 Å². The first-order valence-electron chi connectivity index (χ1n) is 5.12. The lowest BCUT2D eigenvalue weighted by atomic mass is 10.2. The van der Waals surface area contributed by atoms with Gasteiger partial charge in [-0.05, 0) is 6.07 Å². The van der Waals surface area contributed by atoms with Crippen LogP contribution >= 0.6 is 34.8 Å². The van der Waals surface area contributed by atoms with Crippen LogP contribution in [-0.2, 0) is 0 Å². The Kier molecular flexibility index (Phi) is 4.23. The summed E-state index contributed by atoms with van der Waals surface area (Å²) in [6.45, 7) is 0.0156. The Labute approximate surface area is 120 Å². The van der Waals surface area contributed by atoms with E-state index in [2.05, 4.69) is 0 Å². The van der Waals surface area contributed by atoms with E-state index in [0.29, 0.717) is 26.4 Å². The molecule has 0 fully saturated rings. The van der Waals surface area contributed by atoms with Gasteiger partial charge in [0.15, 0.2) is 0 Å². The molecule has 0 spiro atoms. The molecule has 2 nitrogen and oxygen atoms in total. The Bertz CT molecular complexity index is 546. The van der Waals surface area contributed by atoms with Crippen LogP contribution < -0.4 is 4.74 Å². The van der Waals surface area contributed by atoms with Gasteiger partial charge in [0.1, 0.15) is 18.1 Å². The molecule has 0 aliphatic heterocycles. The second kappa shape index (κ2) is 5.70. The largest absolute Gasteiger partial charge is 0.508 e. The number of hydrogen-bond acceptors (Lipinski definition) is 2. The molecule has 0 unspecified atom stereocenters. The van der Waals surface area contributed by atoms with Crippen molar-refractivity contribution in [2.45, 2.75) is 0 Å². The van der Waals surface area contributed by atoms with Gasteiger partial charge in [-0.15, -0.1) is 0 Å². The van der Waals surface area contributed by atoms with Crippen molar-refractivity contribution in [3.8, 4) is 5.75 Å². The summed E-state index contributed by atoms with van der Waals surface area (Å²) in [5.74, 6) is 0.506. The maximum Gasteiger partial charge on any atom is 0.146 e. The van der Waals surface area contributed by atoms with Gasteiger partial charge in [-0.1, -0.05) is 59.1 Å². The first kappa shape index (κ1) is 13.3. The predicted octanol–water partition coefficient (Wildman–Crippen LogP) is 4.96. The molecule has 1 aromatic rings. The molecule has 18 heavy (non-hydrogen) atoms. The van der Waals surface area contributed by atoms with E-state index in [-0.39, 0.29) is 12.4 Å². The number of benzene rings is 1. The Morgan fingerprint density at radius 2 is 1.61 bits per heavy atom. The highest BCUT2D eigenvalue weighted by Gasteiger charge is 2.09. The van der Waals surface area contributed by atoms with Gasteiger partial charge >= 0.3 is 0 Å². The molecule has 0 saturated heterocycles. The van der Waals surface area contributed by atoms with E-state index in [1.54, 1.807) is 12.2 Å². The molecule has 1 aromatic carbocycles. The fraction of sp³-hybridized carbons (Fsp3) is 0.0769. The average molecular weight is 304 g/mol. The molecular formula is C13H9Cl3O2. The van der Waals surface area contributed by atoms with E-state index in [9.17, 15) is 5.11 Å². The number of aliphatic hydroxyl groups is 1. The van der Waals surface area contributed by atoms with E-state index in [1.165, 1.54) is 12.1 Å². The minimum atomic E-state index is 0.0156. The molecule has 0 amide bonds. The van der Waals surface area contributed by atoms with Crippen molar-refractivity contribution in [1.29, 1.82) is 0 Å². The van der Waals surface area contributed by atoms with Gasteiger partial charge in [0, 0.05) is 11.6 Å². The van der Waals surface area contributed by atoms with Crippen molar-refractivity contribution < 1.29 is 9.84 Å². The van der Waals surface area contributed by atoms with Crippen molar-refractivity contribution in [2.75, 3.05) is 6.61 Å². The summed E-state index contributed by atoms with van der Waals surface area (Å²) in [6.07, 6.45) is 7.24. The van der Waals surface area contributed by atoms with Crippen molar-refractivity contribution in [3.05, 3.63) is 62.8 Å². The number of aliphatic hydroxyl groups excluding tert-OH is 1. The highest BCUT2D eigenvalue weighted by Crippen LogP contribution is 2.34. The lowest BCUT2D eigenvalue weighted by Crippen LogP contribution is -2.03. The van der Waals surface area contributed by atoms with Crippen molar-refractivity contribution in [3.63, 3.8) is 0 Å². The van der Waals surface area contributed by atoms with Gasteiger partial charge < -0.3 is 9.84 Å². The van der Waals surface area contributed by atoms with E-state index >= 15 is 0 Å². The summed E-state index contributed by atoms with van der Waals surface area (Å²) < 4.78 is 5.40. The molecule has 2 rings (SSSR count). The van der Waals surface area contributed by atoms with Crippen molar-refractivity contribution >= 4 is 34.8 Å². The van der Waals surface area contributed by atoms with Crippen LogP contribution in [0.2, 0.25) is 15.1 Å². The monoisotopic (exact) mass is 302 g/mol. The SMILES string of the molecule is OC(COc1cc(Cl)c(Cl)cc1Cl)=C1C=CC=C1. The number of rotatable bonds is 3. The Balaban J connectivity index is 2.11. The highest BCUT2D eigenvalue weighted by atomic mass is 35.5. The third kappa shape index (κ3) is 3.02. The van der Waals surface area contributed by atoms with Crippen LogP contribution in [0.15, 0.2) is 47.8 Å². The smallest absolute Gasteiger partial charge is 0.146 e. The Morgan fingerprint density at radius 3 is 2.28 bits per heavy atom. The minimum Gasteiger partial charge on any atom is -0.508 e. The van der Waals surface area contributed by atoms with Crippen LogP contribution in [0.4, 0.5) is 0 Å². The van der Waals surface area contributed by atoms with Gasteiger partial charge in [-0.3, -0.25) is 0 Å². The normalized spacial score (nSPS) is 13.2. The molecule has 1 aliphatic carbocycles. The number of ether oxygens (including phenoxy) is 1.